The van der Waals surface area contributed by atoms with Crippen molar-refractivity contribution in [2.45, 2.75) is 0 Å². The first kappa shape index (κ1) is 21.9. The van der Waals surface area contributed by atoms with Gasteiger partial charge in [0.15, 0.2) is 0 Å². The summed E-state index contributed by atoms with van der Waals surface area (Å²) in [5.74, 6) is -12.7. The SMILES string of the molecule is O=C(O)C(=O)OC(=O)C(=O)OC(=O)C(=O)O.[Nb].[Nb]. The molecule has 0 rings (SSSR count). The van der Waals surface area contributed by atoms with E-state index in [1.807, 2.05) is 0 Å². The van der Waals surface area contributed by atoms with Gasteiger partial charge in [0.25, 0.3) is 0 Å². The number of carboxylic acid groups (broad SMARTS) is 2. The van der Waals surface area contributed by atoms with E-state index in [-0.39, 0.29) is 44.8 Å². The summed E-state index contributed by atoms with van der Waals surface area (Å²) in [5.41, 5.74) is 0. The van der Waals surface area contributed by atoms with E-state index >= 15 is 0 Å². The quantitative estimate of drug-likeness (QED) is 0.183. The number of carboxylic acids is 2. The maximum Gasteiger partial charge on any atom is 0.426 e. The van der Waals surface area contributed by atoms with Gasteiger partial charge in [0, 0.05) is 44.8 Å². The molecule has 10 nitrogen and oxygen atoms in total. The van der Waals surface area contributed by atoms with Crippen molar-refractivity contribution >= 4 is 35.8 Å². The molecule has 0 aromatic heterocycles. The van der Waals surface area contributed by atoms with Crippen LogP contribution in [0.4, 0.5) is 0 Å². The standard InChI is InChI=1S/C6H2O10.2Nb/c7-1(8)3(11)15-5(13)6(14)16-4(12)2(9)10;;/h(H,7,8)(H,9,10);;. The van der Waals surface area contributed by atoms with Crippen molar-refractivity contribution in [1.82, 2.24) is 0 Å². The van der Waals surface area contributed by atoms with Gasteiger partial charge >= 0.3 is 35.8 Å². The minimum atomic E-state index is -2.16. The fourth-order valence-electron chi connectivity index (χ4n) is 0.339. The Morgan fingerprint density at radius 2 is 0.778 bits per heavy atom. The van der Waals surface area contributed by atoms with E-state index in [4.69, 9.17) is 10.2 Å². The topological polar surface area (TPSA) is 161 Å². The summed E-state index contributed by atoms with van der Waals surface area (Å²) in [6.07, 6.45) is 0. The molecular formula is C6H2Nb2O10. The predicted molar refractivity (Wildman–Crippen MR) is 37.5 cm³/mol. The molecule has 0 bridgehead atoms. The molecule has 0 saturated carbocycles. The Morgan fingerprint density at radius 1 is 0.556 bits per heavy atom. The molecule has 0 aromatic rings. The Labute approximate surface area is 129 Å². The summed E-state index contributed by atoms with van der Waals surface area (Å²) in [4.78, 5) is 61.1. The number of aliphatic carboxylic acids is 2. The van der Waals surface area contributed by atoms with E-state index in [1.54, 1.807) is 0 Å². The van der Waals surface area contributed by atoms with Crippen molar-refractivity contribution in [3.05, 3.63) is 0 Å². The van der Waals surface area contributed by atoms with Gasteiger partial charge in [-0.3, -0.25) is 0 Å². The molecule has 0 unspecified atom stereocenters. The van der Waals surface area contributed by atoms with Gasteiger partial charge in [-0.1, -0.05) is 0 Å². The van der Waals surface area contributed by atoms with Crippen LogP contribution in [0.25, 0.3) is 0 Å². The van der Waals surface area contributed by atoms with Crippen molar-refractivity contribution in [1.29, 1.82) is 0 Å². The van der Waals surface area contributed by atoms with E-state index in [9.17, 15) is 28.8 Å². The zero-order valence-electron chi connectivity index (χ0n) is 8.05. The van der Waals surface area contributed by atoms with Crippen molar-refractivity contribution in [3.8, 4) is 0 Å². The number of hydrogen-bond acceptors (Lipinski definition) is 8. The molecule has 2 radical (unpaired) electrons. The van der Waals surface area contributed by atoms with Gasteiger partial charge in [0.05, 0.1) is 0 Å². The van der Waals surface area contributed by atoms with Crippen LogP contribution in [-0.4, -0.2) is 46.0 Å². The van der Waals surface area contributed by atoms with Crippen LogP contribution in [0.1, 0.15) is 0 Å². The Hall–Kier alpha value is -1.30. The molecule has 0 saturated heterocycles. The Kier molecular flexibility index (Phi) is 11.8. The molecule has 0 fully saturated rings. The summed E-state index contributed by atoms with van der Waals surface area (Å²) in [7, 11) is 0. The average molecular weight is 420 g/mol. The molecule has 2 N–H and O–H groups in total. The molecule has 18 heavy (non-hydrogen) atoms. The number of carbonyl (C=O) groups excluding carboxylic acids is 4. The molecule has 0 aromatic carbocycles. The third-order valence-electron chi connectivity index (χ3n) is 0.887. The summed E-state index contributed by atoms with van der Waals surface area (Å²) < 4.78 is 6.71. The first-order valence-electron chi connectivity index (χ1n) is 3.24. The average Bonchev–Trinajstić information content (AvgIpc) is 2.16. The maximum atomic E-state index is 10.5. The predicted octanol–water partition coefficient (Wildman–Crippen LogP) is -2.71. The molecule has 0 amide bonds. The van der Waals surface area contributed by atoms with Gasteiger partial charge in [-0.2, -0.15) is 0 Å². The Morgan fingerprint density at radius 3 is 0.944 bits per heavy atom. The number of rotatable bonds is 0. The van der Waals surface area contributed by atoms with Crippen LogP contribution < -0.4 is 0 Å². The zero-order valence-corrected chi connectivity index (χ0v) is 12.5. The van der Waals surface area contributed by atoms with Gasteiger partial charge in [-0.15, -0.1) is 0 Å². The van der Waals surface area contributed by atoms with Crippen molar-refractivity contribution < 1.29 is 93.2 Å². The van der Waals surface area contributed by atoms with Gasteiger partial charge in [0.1, 0.15) is 0 Å². The van der Waals surface area contributed by atoms with Crippen LogP contribution in [0.2, 0.25) is 0 Å². The van der Waals surface area contributed by atoms with E-state index in [0.717, 1.165) is 0 Å². The molecule has 0 spiro atoms. The summed E-state index contributed by atoms with van der Waals surface area (Å²) in [6, 6.07) is 0. The maximum absolute atomic E-state index is 10.5. The monoisotopic (exact) mass is 420 g/mol. The second kappa shape index (κ2) is 9.70. The first-order valence-corrected chi connectivity index (χ1v) is 3.24. The number of ether oxygens (including phenoxy) is 2. The second-order valence-corrected chi connectivity index (χ2v) is 1.96. The molecular weight excluding hydrogens is 418 g/mol. The van der Waals surface area contributed by atoms with Crippen LogP contribution in [0.3, 0.4) is 0 Å². The van der Waals surface area contributed by atoms with E-state index in [1.165, 1.54) is 0 Å². The normalized spacial score (nSPS) is 7.78. The third kappa shape index (κ3) is 7.89. The molecule has 0 heterocycles. The van der Waals surface area contributed by atoms with E-state index in [0.29, 0.717) is 0 Å². The smallest absolute Gasteiger partial charge is 0.426 e. The molecule has 12 heteroatoms. The Bertz CT molecular complexity index is 361. The number of carbonyl (C=O) groups is 6. The molecule has 0 aliphatic rings. The van der Waals surface area contributed by atoms with Gasteiger partial charge < -0.3 is 19.7 Å². The van der Waals surface area contributed by atoms with Crippen LogP contribution in [-0.2, 0) is 83.0 Å². The number of hydrogen-bond donors (Lipinski definition) is 2. The van der Waals surface area contributed by atoms with Crippen LogP contribution in [0.15, 0.2) is 0 Å². The summed E-state index contributed by atoms with van der Waals surface area (Å²) in [5, 5.41) is 15.9. The second-order valence-electron chi connectivity index (χ2n) is 1.96. The number of esters is 4. The van der Waals surface area contributed by atoms with Gasteiger partial charge in [-0.05, 0) is 0 Å². The Balaban J connectivity index is -0.00000112. The fourth-order valence-corrected chi connectivity index (χ4v) is 0.339. The van der Waals surface area contributed by atoms with Crippen LogP contribution >= 0.6 is 0 Å². The third-order valence-corrected chi connectivity index (χ3v) is 0.887. The zero-order chi connectivity index (χ0) is 12.9. The minimum Gasteiger partial charge on any atom is -0.473 e. The summed E-state index contributed by atoms with van der Waals surface area (Å²) >= 11 is 0. The molecule has 0 aliphatic carbocycles. The van der Waals surface area contributed by atoms with E-state index in [2.05, 4.69) is 9.47 Å². The largest absolute Gasteiger partial charge is 0.473 e. The van der Waals surface area contributed by atoms with Crippen LogP contribution in [0.5, 0.6) is 0 Å². The van der Waals surface area contributed by atoms with Crippen molar-refractivity contribution in [3.63, 3.8) is 0 Å². The first-order chi connectivity index (χ1) is 7.25. The fraction of sp³-hybridized carbons (Fsp3) is 0. The van der Waals surface area contributed by atoms with Crippen LogP contribution in [0, 0.1) is 0 Å². The minimum absolute atomic E-state index is 0. The van der Waals surface area contributed by atoms with E-state index < -0.39 is 35.8 Å². The molecule has 0 atom stereocenters. The summed E-state index contributed by atoms with van der Waals surface area (Å²) in [6.45, 7) is 0. The van der Waals surface area contributed by atoms with Gasteiger partial charge in [0.2, 0.25) is 0 Å². The molecule has 0 aliphatic heterocycles. The van der Waals surface area contributed by atoms with Gasteiger partial charge in [-0.25, -0.2) is 28.8 Å². The van der Waals surface area contributed by atoms with Crippen molar-refractivity contribution in [2.75, 3.05) is 0 Å². The van der Waals surface area contributed by atoms with Crippen molar-refractivity contribution in [2.24, 2.45) is 0 Å². The molecule has 96 valence electrons.